The van der Waals surface area contributed by atoms with E-state index in [1.165, 1.54) is 5.69 Å². The van der Waals surface area contributed by atoms with Crippen molar-refractivity contribution in [2.75, 3.05) is 0 Å². The average Bonchev–Trinajstić information content (AvgIpc) is 2.65. The second-order valence-electron chi connectivity index (χ2n) is 4.78. The zero-order valence-corrected chi connectivity index (χ0v) is 11.2. The van der Waals surface area contributed by atoms with Gasteiger partial charge in [0.2, 0.25) is 0 Å². The highest BCUT2D eigenvalue weighted by Crippen LogP contribution is 2.33. The third-order valence-electron chi connectivity index (χ3n) is 3.13. The Morgan fingerprint density at radius 1 is 1.40 bits per heavy atom. The zero-order valence-electron chi connectivity index (χ0n) is 10.4. The van der Waals surface area contributed by atoms with Crippen LogP contribution in [0.25, 0.3) is 0 Å². The van der Waals surface area contributed by atoms with Gasteiger partial charge < -0.3 is 5.73 Å². The third kappa shape index (κ3) is 2.40. The van der Waals surface area contributed by atoms with E-state index in [-0.39, 0.29) is 5.54 Å². The molecule has 3 heteroatoms. The highest BCUT2D eigenvalue weighted by molar-refractivity contribution is 7.09. The molecule has 2 nitrogen and oxygen atoms in total. The number of nitrogens with zero attached hydrogens (tertiary/aromatic N) is 1. The number of hydrogen-bond acceptors (Lipinski definition) is 3. The van der Waals surface area contributed by atoms with Crippen LogP contribution >= 0.6 is 11.3 Å². The predicted molar refractivity (Wildman–Crippen MR) is 67.2 cm³/mol. The average molecular weight is 226 g/mol. The van der Waals surface area contributed by atoms with Crippen LogP contribution in [0.3, 0.4) is 0 Å². The summed E-state index contributed by atoms with van der Waals surface area (Å²) in [6, 6.07) is 0. The lowest BCUT2D eigenvalue weighted by atomic mass is 9.85. The van der Waals surface area contributed by atoms with E-state index < -0.39 is 0 Å². The van der Waals surface area contributed by atoms with Crippen molar-refractivity contribution in [2.24, 2.45) is 11.7 Å². The van der Waals surface area contributed by atoms with Crippen LogP contribution in [0.4, 0.5) is 0 Å². The van der Waals surface area contributed by atoms with Crippen molar-refractivity contribution in [2.45, 2.75) is 52.5 Å². The lowest BCUT2D eigenvalue weighted by molar-refractivity contribution is 0.304. The van der Waals surface area contributed by atoms with Gasteiger partial charge >= 0.3 is 0 Å². The van der Waals surface area contributed by atoms with E-state index in [4.69, 9.17) is 5.73 Å². The van der Waals surface area contributed by atoms with Crippen LogP contribution in [-0.2, 0) is 5.54 Å². The van der Waals surface area contributed by atoms with Gasteiger partial charge in [-0.15, -0.1) is 11.3 Å². The number of hydrogen-bond donors (Lipinski definition) is 1. The molecule has 0 radical (unpaired) electrons. The van der Waals surface area contributed by atoms with E-state index in [0.29, 0.717) is 11.8 Å². The summed E-state index contributed by atoms with van der Waals surface area (Å²) in [6.07, 6.45) is 0.940. The molecule has 1 heterocycles. The molecule has 0 spiro atoms. The monoisotopic (exact) mass is 226 g/mol. The van der Waals surface area contributed by atoms with Crippen molar-refractivity contribution in [3.8, 4) is 0 Å². The quantitative estimate of drug-likeness (QED) is 0.853. The van der Waals surface area contributed by atoms with E-state index in [0.717, 1.165) is 11.4 Å². The van der Waals surface area contributed by atoms with Gasteiger partial charge in [0, 0.05) is 5.38 Å². The van der Waals surface area contributed by atoms with Gasteiger partial charge in [-0.1, -0.05) is 34.6 Å². The van der Waals surface area contributed by atoms with Crippen LogP contribution in [0.5, 0.6) is 0 Å². The Kier molecular flexibility index (Phi) is 3.90. The Balaban J connectivity index is 3.03. The zero-order chi connectivity index (χ0) is 11.6. The van der Waals surface area contributed by atoms with Crippen molar-refractivity contribution in [3.05, 3.63) is 16.1 Å². The largest absolute Gasteiger partial charge is 0.319 e. The van der Waals surface area contributed by atoms with Crippen molar-refractivity contribution in [1.29, 1.82) is 0 Å². The van der Waals surface area contributed by atoms with Gasteiger partial charge in [-0.25, -0.2) is 4.98 Å². The molecule has 86 valence electrons. The third-order valence-corrected chi connectivity index (χ3v) is 4.18. The van der Waals surface area contributed by atoms with Crippen LogP contribution < -0.4 is 5.73 Å². The Morgan fingerprint density at radius 3 is 2.33 bits per heavy atom. The van der Waals surface area contributed by atoms with E-state index in [9.17, 15) is 0 Å². The minimum atomic E-state index is -0.252. The van der Waals surface area contributed by atoms with Gasteiger partial charge in [-0.2, -0.15) is 0 Å². The molecule has 0 aliphatic heterocycles. The molecule has 0 fully saturated rings. The number of thiazole rings is 1. The second kappa shape index (κ2) is 4.62. The molecule has 0 amide bonds. The summed E-state index contributed by atoms with van der Waals surface area (Å²) in [5.74, 6) is 0.914. The summed E-state index contributed by atoms with van der Waals surface area (Å²) in [5, 5.41) is 3.23. The Morgan fingerprint density at radius 2 is 2.00 bits per heavy atom. The van der Waals surface area contributed by atoms with Crippen LogP contribution in [0.2, 0.25) is 0 Å². The molecule has 1 unspecified atom stereocenters. The molecule has 1 aromatic heterocycles. The van der Waals surface area contributed by atoms with Gasteiger partial charge in [-0.3, -0.25) is 0 Å². The Bertz CT molecular complexity index is 317. The molecule has 1 atom stereocenters. The molecule has 0 saturated carbocycles. The maximum absolute atomic E-state index is 6.42. The fourth-order valence-corrected chi connectivity index (χ4v) is 2.89. The van der Waals surface area contributed by atoms with Crippen LogP contribution in [0, 0.1) is 5.92 Å². The first kappa shape index (κ1) is 12.7. The summed E-state index contributed by atoms with van der Waals surface area (Å²) < 4.78 is 0. The summed E-state index contributed by atoms with van der Waals surface area (Å²) >= 11 is 1.70. The molecule has 2 N–H and O–H groups in total. The minimum Gasteiger partial charge on any atom is -0.319 e. The molecule has 0 aliphatic rings. The molecule has 1 rings (SSSR count). The van der Waals surface area contributed by atoms with Crippen LogP contribution in [0.1, 0.15) is 57.7 Å². The fourth-order valence-electron chi connectivity index (χ4n) is 1.57. The standard InChI is InChI=1S/C12H22N2S/c1-6-12(13,9(4)5)11-14-10(7-15-11)8(2)3/h7-9H,6,13H2,1-5H3. The van der Waals surface area contributed by atoms with Crippen molar-refractivity contribution >= 4 is 11.3 Å². The number of aromatic nitrogens is 1. The van der Waals surface area contributed by atoms with Gasteiger partial charge in [0.05, 0.1) is 11.2 Å². The summed E-state index contributed by atoms with van der Waals surface area (Å²) in [5.41, 5.74) is 7.34. The van der Waals surface area contributed by atoms with Gasteiger partial charge in [0.25, 0.3) is 0 Å². The maximum Gasteiger partial charge on any atom is 0.113 e. The van der Waals surface area contributed by atoms with E-state index in [1.807, 2.05) is 0 Å². The van der Waals surface area contributed by atoms with E-state index >= 15 is 0 Å². The second-order valence-corrected chi connectivity index (χ2v) is 5.64. The highest BCUT2D eigenvalue weighted by atomic mass is 32.1. The topological polar surface area (TPSA) is 38.9 Å². The molecule has 0 aromatic carbocycles. The molecule has 0 saturated heterocycles. The SMILES string of the molecule is CCC(N)(c1nc(C(C)C)cs1)C(C)C. The smallest absolute Gasteiger partial charge is 0.113 e. The molecule has 1 aromatic rings. The van der Waals surface area contributed by atoms with Gasteiger partial charge in [0.1, 0.15) is 5.01 Å². The van der Waals surface area contributed by atoms with Crippen LogP contribution in [0.15, 0.2) is 5.38 Å². The first-order chi connectivity index (χ1) is 6.91. The normalized spacial score (nSPS) is 16.0. The molecule has 0 aliphatic carbocycles. The van der Waals surface area contributed by atoms with Gasteiger partial charge in [-0.05, 0) is 18.3 Å². The Labute approximate surface area is 96.9 Å². The van der Waals surface area contributed by atoms with E-state index in [1.54, 1.807) is 11.3 Å². The first-order valence-electron chi connectivity index (χ1n) is 5.66. The van der Waals surface area contributed by atoms with Crippen molar-refractivity contribution in [3.63, 3.8) is 0 Å². The number of nitrogens with two attached hydrogens (primary N) is 1. The minimum absolute atomic E-state index is 0.252. The fraction of sp³-hybridized carbons (Fsp3) is 0.750. The predicted octanol–water partition coefficient (Wildman–Crippen LogP) is 3.49. The Hall–Kier alpha value is -0.410. The maximum atomic E-state index is 6.42. The number of rotatable bonds is 4. The van der Waals surface area contributed by atoms with Gasteiger partial charge in [0.15, 0.2) is 0 Å². The molecule has 15 heavy (non-hydrogen) atoms. The highest BCUT2D eigenvalue weighted by Gasteiger charge is 2.32. The lowest BCUT2D eigenvalue weighted by Crippen LogP contribution is -2.41. The van der Waals surface area contributed by atoms with Crippen molar-refractivity contribution < 1.29 is 0 Å². The molecular formula is C12H22N2S. The van der Waals surface area contributed by atoms with Crippen molar-refractivity contribution in [1.82, 2.24) is 4.98 Å². The van der Waals surface area contributed by atoms with Crippen LogP contribution in [-0.4, -0.2) is 4.98 Å². The summed E-state index contributed by atoms with van der Waals surface area (Å²) in [7, 11) is 0. The summed E-state index contributed by atoms with van der Waals surface area (Å²) in [4.78, 5) is 4.67. The summed E-state index contributed by atoms with van der Waals surface area (Å²) in [6.45, 7) is 10.8. The van der Waals surface area contributed by atoms with E-state index in [2.05, 4.69) is 45.0 Å². The lowest BCUT2D eigenvalue weighted by Gasteiger charge is -2.30. The molecule has 0 bridgehead atoms. The molecular weight excluding hydrogens is 204 g/mol. The first-order valence-corrected chi connectivity index (χ1v) is 6.54.